The Balaban J connectivity index is 2.29. The van der Waals surface area contributed by atoms with Crippen LogP contribution in [0.15, 0.2) is 18.3 Å². The van der Waals surface area contributed by atoms with Gasteiger partial charge >= 0.3 is 0 Å². The zero-order valence-electron chi connectivity index (χ0n) is 9.36. The molecule has 0 aromatic carbocycles. The van der Waals surface area contributed by atoms with Gasteiger partial charge < -0.3 is 5.32 Å². The van der Waals surface area contributed by atoms with Gasteiger partial charge in [0.25, 0.3) is 0 Å². The van der Waals surface area contributed by atoms with Crippen LogP contribution < -0.4 is 5.32 Å². The highest BCUT2D eigenvalue weighted by Gasteiger charge is 2.04. The summed E-state index contributed by atoms with van der Waals surface area (Å²) in [5.74, 6) is 0.957. The van der Waals surface area contributed by atoms with E-state index in [0.29, 0.717) is 6.04 Å². The van der Waals surface area contributed by atoms with Crippen molar-refractivity contribution in [1.82, 2.24) is 19.9 Å². The first-order valence-corrected chi connectivity index (χ1v) is 5.20. The number of hydrogen-bond acceptors (Lipinski definition) is 3. The van der Waals surface area contributed by atoms with Crippen molar-refractivity contribution in [3.8, 4) is 0 Å². The number of aryl methyl sites for hydroxylation is 1. The Morgan fingerprint density at radius 1 is 1.40 bits per heavy atom. The van der Waals surface area contributed by atoms with Crippen molar-refractivity contribution in [2.24, 2.45) is 0 Å². The summed E-state index contributed by atoms with van der Waals surface area (Å²) in [7, 11) is 0. The first-order chi connectivity index (χ1) is 7.16. The number of aromatic nitrogens is 3. The molecule has 0 bridgehead atoms. The molecule has 2 rings (SSSR count). The van der Waals surface area contributed by atoms with Gasteiger partial charge in [-0.05, 0) is 24.6 Å². The molecule has 0 unspecified atom stereocenters. The summed E-state index contributed by atoms with van der Waals surface area (Å²) in [5, 5.41) is 11.6. The quantitative estimate of drug-likeness (QED) is 0.824. The summed E-state index contributed by atoms with van der Waals surface area (Å²) in [6.07, 6.45) is 2.02. The van der Waals surface area contributed by atoms with Gasteiger partial charge in [0, 0.05) is 12.2 Å². The summed E-state index contributed by atoms with van der Waals surface area (Å²) >= 11 is 0. The minimum atomic E-state index is 0.461. The lowest BCUT2D eigenvalue weighted by Crippen LogP contribution is -2.23. The molecule has 0 aliphatic rings. The largest absolute Gasteiger partial charge is 0.308 e. The number of pyridine rings is 1. The Bertz CT molecular complexity index is 459. The van der Waals surface area contributed by atoms with Gasteiger partial charge in [-0.2, -0.15) is 0 Å². The second-order valence-electron chi connectivity index (χ2n) is 4.08. The van der Waals surface area contributed by atoms with Crippen LogP contribution in [0.2, 0.25) is 0 Å². The Kier molecular flexibility index (Phi) is 2.68. The van der Waals surface area contributed by atoms with Crippen LogP contribution in [-0.4, -0.2) is 20.6 Å². The summed E-state index contributed by atoms with van der Waals surface area (Å²) < 4.78 is 2.02. The standard InChI is InChI=1S/C11H16N4/c1-8(2)12-7-11-14-13-10-6-9(3)4-5-15(10)11/h4-6,8,12H,7H2,1-3H3. The number of rotatable bonds is 3. The van der Waals surface area contributed by atoms with Gasteiger partial charge in [0.1, 0.15) is 0 Å². The van der Waals surface area contributed by atoms with Gasteiger partial charge in [-0.25, -0.2) is 0 Å². The fraction of sp³-hybridized carbons (Fsp3) is 0.455. The van der Waals surface area contributed by atoms with Crippen LogP contribution in [0.1, 0.15) is 25.2 Å². The van der Waals surface area contributed by atoms with Gasteiger partial charge in [0.2, 0.25) is 0 Å². The van der Waals surface area contributed by atoms with Crippen molar-refractivity contribution in [1.29, 1.82) is 0 Å². The molecule has 80 valence electrons. The van der Waals surface area contributed by atoms with E-state index in [0.717, 1.165) is 18.0 Å². The van der Waals surface area contributed by atoms with Gasteiger partial charge in [-0.15, -0.1) is 10.2 Å². The predicted octanol–water partition coefficient (Wildman–Crippen LogP) is 1.54. The molecule has 4 nitrogen and oxygen atoms in total. The number of nitrogens with one attached hydrogen (secondary N) is 1. The summed E-state index contributed by atoms with van der Waals surface area (Å²) in [6.45, 7) is 7.05. The Morgan fingerprint density at radius 2 is 2.20 bits per heavy atom. The number of hydrogen-bond donors (Lipinski definition) is 1. The first kappa shape index (κ1) is 10.1. The topological polar surface area (TPSA) is 42.2 Å². The number of fused-ring (bicyclic) bond motifs is 1. The third kappa shape index (κ3) is 2.15. The van der Waals surface area contributed by atoms with Crippen molar-refractivity contribution in [3.05, 3.63) is 29.7 Å². The number of nitrogens with zero attached hydrogens (tertiary/aromatic N) is 3. The normalized spacial score (nSPS) is 11.5. The van der Waals surface area contributed by atoms with Crippen LogP contribution in [0.3, 0.4) is 0 Å². The van der Waals surface area contributed by atoms with Gasteiger partial charge in [-0.1, -0.05) is 13.8 Å². The van der Waals surface area contributed by atoms with E-state index in [4.69, 9.17) is 0 Å². The average molecular weight is 204 g/mol. The first-order valence-electron chi connectivity index (χ1n) is 5.20. The molecule has 0 atom stereocenters. The van der Waals surface area contributed by atoms with Crippen molar-refractivity contribution in [2.75, 3.05) is 0 Å². The maximum atomic E-state index is 4.16. The van der Waals surface area contributed by atoms with E-state index in [2.05, 4.69) is 42.4 Å². The molecule has 0 fully saturated rings. The summed E-state index contributed by atoms with van der Waals surface area (Å²) in [6, 6.07) is 4.56. The second kappa shape index (κ2) is 3.98. The van der Waals surface area contributed by atoms with Crippen LogP contribution in [-0.2, 0) is 6.54 Å². The van der Waals surface area contributed by atoms with Crippen LogP contribution in [0.4, 0.5) is 0 Å². The second-order valence-corrected chi connectivity index (χ2v) is 4.08. The molecule has 1 N–H and O–H groups in total. The van der Waals surface area contributed by atoms with Crippen LogP contribution >= 0.6 is 0 Å². The molecule has 2 aromatic rings. The minimum absolute atomic E-state index is 0.461. The third-order valence-electron chi connectivity index (χ3n) is 2.30. The molecular weight excluding hydrogens is 188 g/mol. The zero-order chi connectivity index (χ0) is 10.8. The van der Waals surface area contributed by atoms with E-state index in [1.165, 1.54) is 5.56 Å². The lowest BCUT2D eigenvalue weighted by atomic mass is 10.3. The van der Waals surface area contributed by atoms with E-state index < -0.39 is 0 Å². The molecule has 0 saturated carbocycles. The molecule has 15 heavy (non-hydrogen) atoms. The molecule has 0 radical (unpaired) electrons. The minimum Gasteiger partial charge on any atom is -0.308 e. The van der Waals surface area contributed by atoms with Gasteiger partial charge in [0.15, 0.2) is 11.5 Å². The zero-order valence-corrected chi connectivity index (χ0v) is 9.36. The highest BCUT2D eigenvalue weighted by atomic mass is 15.3. The molecule has 4 heteroatoms. The molecule has 0 saturated heterocycles. The van der Waals surface area contributed by atoms with Gasteiger partial charge in [-0.3, -0.25) is 4.40 Å². The highest BCUT2D eigenvalue weighted by Crippen LogP contribution is 2.06. The Hall–Kier alpha value is -1.42. The fourth-order valence-electron chi connectivity index (χ4n) is 1.46. The molecule has 2 heterocycles. The van der Waals surface area contributed by atoms with Crippen molar-refractivity contribution >= 4 is 5.65 Å². The van der Waals surface area contributed by atoms with Crippen molar-refractivity contribution in [3.63, 3.8) is 0 Å². The smallest absolute Gasteiger partial charge is 0.161 e. The molecule has 0 amide bonds. The van der Waals surface area contributed by atoms with E-state index >= 15 is 0 Å². The lowest BCUT2D eigenvalue weighted by Gasteiger charge is -2.06. The Morgan fingerprint density at radius 3 is 2.93 bits per heavy atom. The van der Waals surface area contributed by atoms with E-state index in [1.54, 1.807) is 0 Å². The van der Waals surface area contributed by atoms with Crippen LogP contribution in [0, 0.1) is 6.92 Å². The molecule has 0 aliphatic heterocycles. The lowest BCUT2D eigenvalue weighted by molar-refractivity contribution is 0.569. The van der Waals surface area contributed by atoms with E-state index in [9.17, 15) is 0 Å². The van der Waals surface area contributed by atoms with Crippen LogP contribution in [0.5, 0.6) is 0 Å². The van der Waals surface area contributed by atoms with E-state index in [-0.39, 0.29) is 0 Å². The molecule has 0 aliphatic carbocycles. The Labute approximate surface area is 89.3 Å². The summed E-state index contributed by atoms with van der Waals surface area (Å²) in [5.41, 5.74) is 2.12. The highest BCUT2D eigenvalue weighted by molar-refractivity contribution is 5.40. The van der Waals surface area contributed by atoms with Crippen molar-refractivity contribution < 1.29 is 0 Å². The van der Waals surface area contributed by atoms with E-state index in [1.807, 2.05) is 16.7 Å². The average Bonchev–Trinajstić information content (AvgIpc) is 2.57. The SMILES string of the molecule is Cc1ccn2c(CNC(C)C)nnc2c1. The monoisotopic (exact) mass is 204 g/mol. The molecule has 0 spiro atoms. The maximum Gasteiger partial charge on any atom is 0.161 e. The maximum absolute atomic E-state index is 4.16. The fourth-order valence-corrected chi connectivity index (χ4v) is 1.46. The predicted molar refractivity (Wildman–Crippen MR) is 59.7 cm³/mol. The molecule has 2 aromatic heterocycles. The van der Waals surface area contributed by atoms with Crippen molar-refractivity contribution in [2.45, 2.75) is 33.4 Å². The van der Waals surface area contributed by atoms with Crippen LogP contribution in [0.25, 0.3) is 5.65 Å². The van der Waals surface area contributed by atoms with Gasteiger partial charge in [0.05, 0.1) is 6.54 Å². The third-order valence-corrected chi connectivity index (χ3v) is 2.30. The molecular formula is C11H16N4. The summed E-state index contributed by atoms with van der Waals surface area (Å²) in [4.78, 5) is 0.